The van der Waals surface area contributed by atoms with Gasteiger partial charge < -0.3 is 10.1 Å². The van der Waals surface area contributed by atoms with Crippen molar-refractivity contribution in [3.63, 3.8) is 0 Å². The zero-order valence-electron chi connectivity index (χ0n) is 20.1. The molecule has 38 heavy (non-hydrogen) atoms. The van der Waals surface area contributed by atoms with E-state index in [1.165, 1.54) is 35.0 Å². The molecular formula is C26H23F3N4O4S. The molecule has 1 saturated heterocycles. The fourth-order valence-electron chi connectivity index (χ4n) is 4.71. The summed E-state index contributed by atoms with van der Waals surface area (Å²) in [6.45, 7) is 1.42. The number of aryl methyl sites for hydroxylation is 1. The number of nitrogens with zero attached hydrogens (tertiary/aromatic N) is 3. The molecule has 1 aliphatic carbocycles. The van der Waals surface area contributed by atoms with Crippen LogP contribution in [0.2, 0.25) is 0 Å². The first-order valence-electron chi connectivity index (χ1n) is 11.8. The number of benzene rings is 2. The molecule has 1 aromatic heterocycles. The van der Waals surface area contributed by atoms with E-state index < -0.39 is 60.6 Å². The quantitative estimate of drug-likeness (QED) is 0.469. The standard InChI is InChI=1S/C26H23F3N4O4S/c1-15-5-2-3-8-19(15)22(23(34)31-17-10-26(28,29)11-17)32(18-7-4-6-16(27)9-18)24(35)20-12-37-25(36)33(20)21-13-38-14-30-21/h2-9,13-14,17,20,22H,10-12H2,1H3,(H,31,34). The van der Waals surface area contributed by atoms with Crippen molar-refractivity contribution in [1.82, 2.24) is 10.3 Å². The van der Waals surface area contributed by atoms with E-state index >= 15 is 0 Å². The van der Waals surface area contributed by atoms with Gasteiger partial charge in [-0.3, -0.25) is 14.5 Å². The summed E-state index contributed by atoms with van der Waals surface area (Å²) in [7, 11) is 0. The van der Waals surface area contributed by atoms with Crippen molar-refractivity contribution in [3.8, 4) is 0 Å². The topological polar surface area (TPSA) is 91.8 Å². The molecule has 2 aromatic carbocycles. The number of anilines is 2. The fraction of sp³-hybridized carbons (Fsp3) is 0.308. The molecule has 5 rings (SSSR count). The molecule has 1 aliphatic heterocycles. The van der Waals surface area contributed by atoms with E-state index in [0.29, 0.717) is 11.1 Å². The van der Waals surface area contributed by atoms with Crippen molar-refractivity contribution < 1.29 is 32.3 Å². The Bertz CT molecular complexity index is 1360. The lowest BCUT2D eigenvalue weighted by molar-refractivity contribution is -0.133. The van der Waals surface area contributed by atoms with Gasteiger partial charge in [0.05, 0.1) is 5.51 Å². The van der Waals surface area contributed by atoms with E-state index in [4.69, 9.17) is 4.74 Å². The number of carbonyl (C=O) groups is 3. The number of ether oxygens (including phenoxy) is 1. The Balaban J connectivity index is 1.59. The lowest BCUT2D eigenvalue weighted by Crippen LogP contribution is -2.56. The third-order valence-electron chi connectivity index (χ3n) is 6.57. The van der Waals surface area contributed by atoms with Crippen LogP contribution in [0.4, 0.5) is 29.5 Å². The largest absolute Gasteiger partial charge is 0.446 e. The average molecular weight is 545 g/mol. The third kappa shape index (κ3) is 4.95. The molecule has 0 spiro atoms. The maximum Gasteiger partial charge on any atom is 0.416 e. The molecule has 8 nitrogen and oxygen atoms in total. The summed E-state index contributed by atoms with van der Waals surface area (Å²) in [5.41, 5.74) is 2.61. The second-order valence-electron chi connectivity index (χ2n) is 9.23. The predicted molar refractivity (Wildman–Crippen MR) is 134 cm³/mol. The van der Waals surface area contributed by atoms with Crippen LogP contribution in [0.5, 0.6) is 0 Å². The molecule has 198 valence electrons. The van der Waals surface area contributed by atoms with Gasteiger partial charge in [0.2, 0.25) is 5.91 Å². The number of alkyl halides is 2. The summed E-state index contributed by atoms with van der Waals surface area (Å²) in [6, 6.07) is 8.60. The highest BCUT2D eigenvalue weighted by atomic mass is 32.1. The van der Waals surface area contributed by atoms with E-state index in [2.05, 4.69) is 10.3 Å². The Morgan fingerprint density at radius 3 is 2.63 bits per heavy atom. The van der Waals surface area contributed by atoms with Gasteiger partial charge in [-0.2, -0.15) is 0 Å². The number of aromatic nitrogens is 1. The first kappa shape index (κ1) is 25.7. The van der Waals surface area contributed by atoms with Gasteiger partial charge in [0.25, 0.3) is 11.8 Å². The summed E-state index contributed by atoms with van der Waals surface area (Å²) in [5, 5.41) is 4.20. The zero-order chi connectivity index (χ0) is 27.0. The maximum absolute atomic E-state index is 14.4. The van der Waals surface area contributed by atoms with Crippen LogP contribution < -0.4 is 15.1 Å². The molecule has 0 radical (unpaired) electrons. The Labute approximate surface area is 220 Å². The smallest absolute Gasteiger partial charge is 0.416 e. The van der Waals surface area contributed by atoms with Gasteiger partial charge in [-0.1, -0.05) is 30.3 Å². The summed E-state index contributed by atoms with van der Waals surface area (Å²) < 4.78 is 46.6. The number of amides is 3. The van der Waals surface area contributed by atoms with E-state index in [-0.39, 0.29) is 18.1 Å². The molecule has 3 amide bonds. The van der Waals surface area contributed by atoms with Crippen molar-refractivity contribution in [2.45, 2.75) is 43.8 Å². The minimum atomic E-state index is -2.87. The zero-order valence-corrected chi connectivity index (χ0v) is 21.0. The summed E-state index contributed by atoms with van der Waals surface area (Å²) in [4.78, 5) is 46.8. The van der Waals surface area contributed by atoms with Crippen molar-refractivity contribution in [3.05, 3.63) is 76.4 Å². The van der Waals surface area contributed by atoms with E-state index in [1.54, 1.807) is 36.6 Å². The summed E-state index contributed by atoms with van der Waals surface area (Å²) >= 11 is 1.21. The Hall–Kier alpha value is -3.93. The van der Waals surface area contributed by atoms with Crippen molar-refractivity contribution in [2.24, 2.45) is 0 Å². The minimum absolute atomic E-state index is 0.0509. The van der Waals surface area contributed by atoms with Crippen LogP contribution >= 0.6 is 11.3 Å². The lowest BCUT2D eigenvalue weighted by Gasteiger charge is -2.39. The highest BCUT2D eigenvalue weighted by Gasteiger charge is 2.49. The molecule has 2 atom stereocenters. The van der Waals surface area contributed by atoms with Gasteiger partial charge in [-0.05, 0) is 36.2 Å². The van der Waals surface area contributed by atoms with Crippen LogP contribution in [0, 0.1) is 12.7 Å². The van der Waals surface area contributed by atoms with Gasteiger partial charge in [0, 0.05) is 30.0 Å². The SMILES string of the molecule is Cc1ccccc1C(C(=O)NC1CC(F)(F)C1)N(C(=O)C1COC(=O)N1c1cscn1)c1cccc(F)c1. The van der Waals surface area contributed by atoms with Gasteiger partial charge in [0.15, 0.2) is 6.04 Å². The molecule has 2 aliphatic rings. The first-order chi connectivity index (χ1) is 18.1. The molecule has 12 heteroatoms. The Morgan fingerprint density at radius 2 is 1.97 bits per heavy atom. The second-order valence-corrected chi connectivity index (χ2v) is 9.94. The molecule has 1 saturated carbocycles. The number of hydrogen-bond donors (Lipinski definition) is 1. The highest BCUT2D eigenvalue weighted by Crippen LogP contribution is 2.39. The van der Waals surface area contributed by atoms with Crippen LogP contribution in [-0.4, -0.2) is 47.5 Å². The van der Waals surface area contributed by atoms with Crippen LogP contribution in [-0.2, 0) is 14.3 Å². The van der Waals surface area contributed by atoms with E-state index in [9.17, 15) is 27.6 Å². The van der Waals surface area contributed by atoms with E-state index in [0.717, 1.165) is 15.9 Å². The molecule has 0 bridgehead atoms. The number of thiazole rings is 1. The van der Waals surface area contributed by atoms with Crippen LogP contribution in [0.15, 0.2) is 59.4 Å². The van der Waals surface area contributed by atoms with Gasteiger partial charge in [-0.25, -0.2) is 27.8 Å². The van der Waals surface area contributed by atoms with Gasteiger partial charge in [0.1, 0.15) is 24.3 Å². The number of nitrogens with one attached hydrogen (secondary N) is 1. The summed E-state index contributed by atoms with van der Waals surface area (Å²) in [6.07, 6.45) is -1.83. The monoisotopic (exact) mass is 544 g/mol. The molecule has 1 N–H and O–H groups in total. The minimum Gasteiger partial charge on any atom is -0.446 e. The number of hydrogen-bond acceptors (Lipinski definition) is 6. The van der Waals surface area contributed by atoms with E-state index in [1.807, 2.05) is 0 Å². The second kappa shape index (κ2) is 10.1. The molecule has 2 fully saturated rings. The first-order valence-corrected chi connectivity index (χ1v) is 12.8. The fourth-order valence-corrected chi connectivity index (χ4v) is 5.23. The highest BCUT2D eigenvalue weighted by molar-refractivity contribution is 7.07. The summed E-state index contributed by atoms with van der Waals surface area (Å²) in [5.74, 6) is -4.76. The number of cyclic esters (lactones) is 1. The van der Waals surface area contributed by atoms with Gasteiger partial charge >= 0.3 is 6.09 Å². The third-order valence-corrected chi connectivity index (χ3v) is 7.15. The predicted octanol–water partition coefficient (Wildman–Crippen LogP) is 4.60. The number of rotatable bonds is 7. The molecule has 2 heterocycles. The molecule has 2 unspecified atom stereocenters. The maximum atomic E-state index is 14.4. The Kier molecular flexibility index (Phi) is 6.82. The van der Waals surface area contributed by atoms with Crippen molar-refractivity contribution in [1.29, 1.82) is 0 Å². The molecule has 3 aromatic rings. The normalized spacial score (nSPS) is 19.4. The lowest BCUT2D eigenvalue weighted by atomic mass is 9.87. The number of halogens is 3. The number of carbonyl (C=O) groups excluding carboxylic acids is 3. The van der Waals surface area contributed by atoms with Crippen LogP contribution in [0.1, 0.15) is 30.0 Å². The molecular weight excluding hydrogens is 521 g/mol. The van der Waals surface area contributed by atoms with Crippen LogP contribution in [0.3, 0.4) is 0 Å². The van der Waals surface area contributed by atoms with Gasteiger partial charge in [-0.15, -0.1) is 11.3 Å². The Morgan fingerprint density at radius 1 is 1.21 bits per heavy atom. The van der Waals surface area contributed by atoms with Crippen molar-refractivity contribution in [2.75, 3.05) is 16.4 Å². The van der Waals surface area contributed by atoms with Crippen LogP contribution in [0.25, 0.3) is 0 Å². The van der Waals surface area contributed by atoms with Crippen molar-refractivity contribution >= 4 is 40.7 Å². The average Bonchev–Trinajstić information content (AvgIpc) is 3.51.